The molecule has 2 heterocycles. The number of aromatic amines is 1. The van der Waals surface area contributed by atoms with Crippen molar-refractivity contribution in [2.45, 2.75) is 25.9 Å². The first kappa shape index (κ1) is 18.7. The summed E-state index contributed by atoms with van der Waals surface area (Å²) in [7, 11) is 0. The molecule has 0 bridgehead atoms. The van der Waals surface area contributed by atoms with Crippen LogP contribution in [0.3, 0.4) is 0 Å². The Morgan fingerprint density at radius 2 is 1.96 bits per heavy atom. The molecule has 0 radical (unpaired) electrons. The number of amides is 1. The average Bonchev–Trinajstić information content (AvgIpc) is 3.28. The molecule has 0 aliphatic carbocycles. The molecule has 27 heavy (non-hydrogen) atoms. The van der Waals surface area contributed by atoms with Crippen molar-refractivity contribution in [3.05, 3.63) is 65.2 Å². The highest BCUT2D eigenvalue weighted by atomic mass is 19.4. The summed E-state index contributed by atoms with van der Waals surface area (Å²) in [6.07, 6.45) is 0.102. The summed E-state index contributed by atoms with van der Waals surface area (Å²) in [5.74, 6) is -0.234. The number of nitrogens with zero attached hydrogens (tertiary/aromatic N) is 3. The van der Waals surface area contributed by atoms with Gasteiger partial charge in [-0.2, -0.15) is 23.4 Å². The first-order chi connectivity index (χ1) is 12.8. The van der Waals surface area contributed by atoms with Gasteiger partial charge in [0.25, 0.3) is 5.91 Å². The summed E-state index contributed by atoms with van der Waals surface area (Å²) in [6.45, 7) is 2.46. The molecule has 0 unspecified atom stereocenters. The zero-order valence-electron chi connectivity index (χ0n) is 14.5. The Labute approximate surface area is 153 Å². The van der Waals surface area contributed by atoms with Gasteiger partial charge in [-0.15, -0.1) is 0 Å². The van der Waals surface area contributed by atoms with Crippen molar-refractivity contribution in [1.82, 2.24) is 25.3 Å². The van der Waals surface area contributed by atoms with Gasteiger partial charge in [0.05, 0.1) is 11.9 Å². The van der Waals surface area contributed by atoms with E-state index >= 15 is 0 Å². The standard InChI is InChI=1S/C18H18F3N5O/c1-12-14(11-23-24-12)3-2-9-22-17(27)13-4-6-15(7-5-13)26-10-8-16(25-26)18(19,20)21/h4-8,10-11H,2-3,9H2,1H3,(H,22,27)(H,23,24). The number of carbonyl (C=O) groups is 1. The Kier molecular flexibility index (Phi) is 5.29. The molecular weight excluding hydrogens is 359 g/mol. The molecule has 0 saturated heterocycles. The number of hydrogen-bond donors (Lipinski definition) is 2. The first-order valence-electron chi connectivity index (χ1n) is 8.35. The Bertz CT molecular complexity index is 912. The number of carbonyl (C=O) groups excluding carboxylic acids is 1. The third-order valence-corrected chi connectivity index (χ3v) is 4.12. The van der Waals surface area contributed by atoms with Gasteiger partial charge in [-0.05, 0) is 55.7 Å². The van der Waals surface area contributed by atoms with E-state index < -0.39 is 11.9 Å². The maximum atomic E-state index is 12.6. The third kappa shape index (κ3) is 4.55. The van der Waals surface area contributed by atoms with E-state index in [2.05, 4.69) is 20.6 Å². The van der Waals surface area contributed by atoms with Gasteiger partial charge < -0.3 is 5.32 Å². The van der Waals surface area contributed by atoms with Gasteiger partial charge in [0.1, 0.15) is 0 Å². The summed E-state index contributed by atoms with van der Waals surface area (Å²) < 4.78 is 39.0. The fraction of sp³-hybridized carbons (Fsp3) is 0.278. The summed E-state index contributed by atoms with van der Waals surface area (Å²) >= 11 is 0. The molecule has 9 heteroatoms. The predicted octanol–water partition coefficient (Wildman–Crippen LogP) is 3.29. The van der Waals surface area contributed by atoms with Gasteiger partial charge in [0.2, 0.25) is 0 Å². The Hall–Kier alpha value is -3.10. The molecule has 2 N–H and O–H groups in total. The first-order valence-corrected chi connectivity index (χ1v) is 8.35. The number of aromatic nitrogens is 4. The number of hydrogen-bond acceptors (Lipinski definition) is 3. The lowest BCUT2D eigenvalue weighted by molar-refractivity contribution is -0.141. The molecule has 1 aromatic carbocycles. The van der Waals surface area contributed by atoms with Gasteiger partial charge in [-0.25, -0.2) is 4.68 Å². The summed E-state index contributed by atoms with van der Waals surface area (Å²) in [5.41, 5.74) is 2.05. The molecule has 1 amide bonds. The highest BCUT2D eigenvalue weighted by Gasteiger charge is 2.33. The highest BCUT2D eigenvalue weighted by molar-refractivity contribution is 5.94. The summed E-state index contributed by atoms with van der Waals surface area (Å²) in [4.78, 5) is 12.2. The van der Waals surface area contributed by atoms with Gasteiger partial charge >= 0.3 is 6.18 Å². The maximum Gasteiger partial charge on any atom is 0.435 e. The van der Waals surface area contributed by atoms with E-state index in [1.165, 1.54) is 6.20 Å². The molecule has 3 aromatic rings. The van der Waals surface area contributed by atoms with E-state index in [4.69, 9.17) is 0 Å². The number of alkyl halides is 3. The topological polar surface area (TPSA) is 75.6 Å². The fourth-order valence-electron chi connectivity index (χ4n) is 2.59. The highest BCUT2D eigenvalue weighted by Crippen LogP contribution is 2.27. The lowest BCUT2D eigenvalue weighted by Gasteiger charge is -2.07. The van der Waals surface area contributed by atoms with Crippen LogP contribution < -0.4 is 5.32 Å². The molecule has 2 aromatic heterocycles. The number of nitrogens with one attached hydrogen (secondary N) is 2. The number of benzene rings is 1. The molecule has 3 rings (SSSR count). The minimum atomic E-state index is -4.49. The summed E-state index contributed by atoms with van der Waals surface area (Å²) in [5, 5.41) is 13.1. The van der Waals surface area contributed by atoms with Crippen LogP contribution in [0, 0.1) is 6.92 Å². The second-order valence-electron chi connectivity index (χ2n) is 6.07. The molecular formula is C18H18F3N5O. The van der Waals surface area contributed by atoms with E-state index in [1.54, 1.807) is 30.5 Å². The normalized spacial score (nSPS) is 11.6. The van der Waals surface area contributed by atoms with E-state index in [0.29, 0.717) is 17.8 Å². The zero-order valence-corrected chi connectivity index (χ0v) is 14.5. The molecule has 142 valence electrons. The number of H-pyrrole nitrogens is 1. The van der Waals surface area contributed by atoms with Crippen molar-refractivity contribution in [3.8, 4) is 5.69 Å². The Balaban J connectivity index is 1.54. The monoisotopic (exact) mass is 377 g/mol. The Morgan fingerprint density at radius 3 is 2.56 bits per heavy atom. The van der Waals surface area contributed by atoms with Crippen LogP contribution in [0.4, 0.5) is 13.2 Å². The van der Waals surface area contributed by atoms with Crippen LogP contribution in [0.2, 0.25) is 0 Å². The lowest BCUT2D eigenvalue weighted by atomic mass is 10.1. The van der Waals surface area contributed by atoms with Crippen LogP contribution in [-0.2, 0) is 12.6 Å². The molecule has 0 aliphatic rings. The van der Waals surface area contributed by atoms with Crippen molar-refractivity contribution in [2.75, 3.05) is 6.54 Å². The van der Waals surface area contributed by atoms with Gasteiger partial charge in [0, 0.05) is 24.0 Å². The smallest absolute Gasteiger partial charge is 0.352 e. The minimum absolute atomic E-state index is 0.234. The van der Waals surface area contributed by atoms with Crippen LogP contribution in [0.15, 0.2) is 42.7 Å². The largest absolute Gasteiger partial charge is 0.435 e. The second-order valence-corrected chi connectivity index (χ2v) is 6.07. The predicted molar refractivity (Wildman–Crippen MR) is 92.5 cm³/mol. The van der Waals surface area contributed by atoms with Crippen LogP contribution in [0.25, 0.3) is 5.69 Å². The number of rotatable bonds is 6. The van der Waals surface area contributed by atoms with Crippen molar-refractivity contribution in [1.29, 1.82) is 0 Å². The molecule has 0 saturated carbocycles. The molecule has 0 spiro atoms. The van der Waals surface area contributed by atoms with Crippen LogP contribution >= 0.6 is 0 Å². The molecule has 0 fully saturated rings. The van der Waals surface area contributed by atoms with Crippen LogP contribution in [-0.4, -0.2) is 32.4 Å². The van der Waals surface area contributed by atoms with Crippen molar-refractivity contribution >= 4 is 5.91 Å². The van der Waals surface area contributed by atoms with Gasteiger partial charge in [0.15, 0.2) is 5.69 Å². The van der Waals surface area contributed by atoms with E-state index in [0.717, 1.165) is 34.8 Å². The lowest BCUT2D eigenvalue weighted by Crippen LogP contribution is -2.24. The Morgan fingerprint density at radius 1 is 1.22 bits per heavy atom. The quantitative estimate of drug-likeness (QED) is 0.648. The third-order valence-electron chi connectivity index (χ3n) is 4.12. The average molecular weight is 377 g/mol. The summed E-state index contributed by atoms with van der Waals surface area (Å²) in [6, 6.07) is 7.12. The number of aryl methyl sites for hydroxylation is 2. The minimum Gasteiger partial charge on any atom is -0.352 e. The van der Waals surface area contributed by atoms with Crippen molar-refractivity contribution in [3.63, 3.8) is 0 Å². The SMILES string of the molecule is Cc1[nH]ncc1CCCNC(=O)c1ccc(-n2ccc(C(F)(F)F)n2)cc1. The fourth-order valence-corrected chi connectivity index (χ4v) is 2.59. The van der Waals surface area contributed by atoms with E-state index in [-0.39, 0.29) is 5.91 Å². The second kappa shape index (κ2) is 7.65. The number of halogens is 3. The maximum absolute atomic E-state index is 12.6. The van der Waals surface area contributed by atoms with Gasteiger partial charge in [-0.3, -0.25) is 9.89 Å². The van der Waals surface area contributed by atoms with Crippen LogP contribution in [0.1, 0.15) is 33.7 Å². The van der Waals surface area contributed by atoms with Gasteiger partial charge in [-0.1, -0.05) is 0 Å². The van der Waals surface area contributed by atoms with E-state index in [9.17, 15) is 18.0 Å². The molecule has 6 nitrogen and oxygen atoms in total. The zero-order chi connectivity index (χ0) is 19.4. The van der Waals surface area contributed by atoms with Crippen molar-refractivity contribution < 1.29 is 18.0 Å². The van der Waals surface area contributed by atoms with Crippen LogP contribution in [0.5, 0.6) is 0 Å². The molecule has 0 aliphatic heterocycles. The van der Waals surface area contributed by atoms with E-state index in [1.807, 2.05) is 6.92 Å². The molecule has 0 atom stereocenters. The van der Waals surface area contributed by atoms with Crippen molar-refractivity contribution in [2.24, 2.45) is 0 Å².